The third kappa shape index (κ3) is 5.16. The Morgan fingerprint density at radius 3 is 2.82 bits per heavy atom. The molecule has 2 saturated heterocycles. The lowest BCUT2D eigenvalue weighted by Gasteiger charge is -2.34. The summed E-state index contributed by atoms with van der Waals surface area (Å²) in [6.07, 6.45) is 4.97. The zero-order valence-corrected chi connectivity index (χ0v) is 14.2. The Hall–Kier alpha value is -1.30. The van der Waals surface area contributed by atoms with Crippen LogP contribution in [0.5, 0.6) is 0 Å². The zero-order valence-electron chi connectivity index (χ0n) is 14.2. The highest BCUT2D eigenvalue weighted by Crippen LogP contribution is 2.16. The van der Waals surface area contributed by atoms with Crippen molar-refractivity contribution in [2.24, 2.45) is 10.9 Å². The summed E-state index contributed by atoms with van der Waals surface area (Å²) in [5.74, 6) is 1.56. The summed E-state index contributed by atoms with van der Waals surface area (Å²) >= 11 is 0. The van der Waals surface area contributed by atoms with Crippen LogP contribution in [0.3, 0.4) is 0 Å². The molecule has 6 nitrogen and oxygen atoms in total. The van der Waals surface area contributed by atoms with E-state index in [-0.39, 0.29) is 18.6 Å². The lowest BCUT2D eigenvalue weighted by molar-refractivity contribution is -0.127. The standard InChI is InChI=1S/C16H30N4O2/c1-13-6-4-8-20(12-13)16(18-11-15(21)19(2)3)17-10-14-7-5-9-22-14/h13-14H,4-12H2,1-3H3,(H,17,18)/t13-,14-/m1/s1. The van der Waals surface area contributed by atoms with E-state index in [0.29, 0.717) is 5.92 Å². The first-order valence-electron chi connectivity index (χ1n) is 8.41. The van der Waals surface area contributed by atoms with Gasteiger partial charge < -0.3 is 19.9 Å². The van der Waals surface area contributed by atoms with E-state index < -0.39 is 0 Å². The molecular formula is C16H30N4O2. The van der Waals surface area contributed by atoms with E-state index in [1.54, 1.807) is 19.0 Å². The third-order valence-corrected chi connectivity index (χ3v) is 4.33. The molecule has 2 aliphatic rings. The van der Waals surface area contributed by atoms with Crippen molar-refractivity contribution in [2.45, 2.75) is 38.7 Å². The van der Waals surface area contributed by atoms with Crippen LogP contribution in [-0.2, 0) is 9.53 Å². The molecule has 126 valence electrons. The number of carbonyl (C=O) groups excluding carboxylic acids is 1. The number of nitrogens with zero attached hydrogens (tertiary/aromatic N) is 3. The van der Waals surface area contributed by atoms with Gasteiger partial charge in [-0.25, -0.2) is 4.99 Å². The number of piperidine rings is 1. The fourth-order valence-corrected chi connectivity index (χ4v) is 2.94. The van der Waals surface area contributed by atoms with Gasteiger partial charge in [-0.2, -0.15) is 0 Å². The quantitative estimate of drug-likeness (QED) is 0.620. The SMILES string of the molecule is C[C@@H]1CCCN(C(=NCC(=O)N(C)C)NC[C@H]2CCCO2)C1. The van der Waals surface area contributed by atoms with Crippen LogP contribution >= 0.6 is 0 Å². The van der Waals surface area contributed by atoms with E-state index in [4.69, 9.17) is 4.74 Å². The minimum Gasteiger partial charge on any atom is -0.376 e. The molecule has 0 aliphatic carbocycles. The number of likely N-dealkylation sites (tertiary alicyclic amines) is 1. The highest BCUT2D eigenvalue weighted by molar-refractivity contribution is 5.84. The van der Waals surface area contributed by atoms with Crippen molar-refractivity contribution in [3.8, 4) is 0 Å². The van der Waals surface area contributed by atoms with Gasteiger partial charge in [0.05, 0.1) is 6.10 Å². The van der Waals surface area contributed by atoms with E-state index in [9.17, 15) is 4.79 Å². The molecule has 0 saturated carbocycles. The van der Waals surface area contributed by atoms with Gasteiger partial charge in [-0.1, -0.05) is 6.92 Å². The molecular weight excluding hydrogens is 280 g/mol. The molecule has 0 radical (unpaired) electrons. The summed E-state index contributed by atoms with van der Waals surface area (Å²) in [7, 11) is 3.53. The van der Waals surface area contributed by atoms with Crippen molar-refractivity contribution >= 4 is 11.9 Å². The van der Waals surface area contributed by atoms with Crippen LogP contribution in [0.4, 0.5) is 0 Å². The summed E-state index contributed by atoms with van der Waals surface area (Å²) in [4.78, 5) is 20.2. The molecule has 0 spiro atoms. The number of amides is 1. The van der Waals surface area contributed by atoms with Gasteiger partial charge >= 0.3 is 0 Å². The maximum absolute atomic E-state index is 11.8. The molecule has 6 heteroatoms. The van der Waals surface area contributed by atoms with Crippen LogP contribution in [0, 0.1) is 5.92 Å². The van der Waals surface area contributed by atoms with Gasteiger partial charge in [0.2, 0.25) is 5.91 Å². The topological polar surface area (TPSA) is 57.2 Å². The average Bonchev–Trinajstić information content (AvgIpc) is 3.00. The summed E-state index contributed by atoms with van der Waals surface area (Å²) < 4.78 is 5.66. The molecule has 22 heavy (non-hydrogen) atoms. The molecule has 0 aromatic carbocycles. The molecule has 2 atom stereocenters. The van der Waals surface area contributed by atoms with E-state index in [2.05, 4.69) is 22.1 Å². The molecule has 2 heterocycles. The Morgan fingerprint density at radius 1 is 1.36 bits per heavy atom. The smallest absolute Gasteiger partial charge is 0.243 e. The fourth-order valence-electron chi connectivity index (χ4n) is 2.94. The monoisotopic (exact) mass is 310 g/mol. The molecule has 0 unspecified atom stereocenters. The second-order valence-corrected chi connectivity index (χ2v) is 6.64. The first-order chi connectivity index (χ1) is 10.6. The van der Waals surface area contributed by atoms with E-state index in [0.717, 1.165) is 45.0 Å². The van der Waals surface area contributed by atoms with E-state index in [1.807, 2.05) is 0 Å². The number of hydrogen-bond acceptors (Lipinski definition) is 3. The number of hydrogen-bond donors (Lipinski definition) is 1. The predicted octanol–water partition coefficient (Wildman–Crippen LogP) is 0.931. The highest BCUT2D eigenvalue weighted by Gasteiger charge is 2.22. The largest absolute Gasteiger partial charge is 0.376 e. The second-order valence-electron chi connectivity index (χ2n) is 6.64. The minimum atomic E-state index is 0.0291. The van der Waals surface area contributed by atoms with Gasteiger partial charge in [0.15, 0.2) is 5.96 Å². The first-order valence-corrected chi connectivity index (χ1v) is 8.41. The van der Waals surface area contributed by atoms with E-state index >= 15 is 0 Å². The Kier molecular flexibility index (Phi) is 6.49. The summed E-state index contributed by atoms with van der Waals surface area (Å²) in [6, 6.07) is 0. The highest BCUT2D eigenvalue weighted by atomic mass is 16.5. The van der Waals surface area contributed by atoms with Gasteiger partial charge in [-0.3, -0.25) is 4.79 Å². The van der Waals surface area contributed by atoms with Crippen molar-refractivity contribution in [3.63, 3.8) is 0 Å². The molecule has 0 aromatic rings. The van der Waals surface area contributed by atoms with Gasteiger partial charge in [0.25, 0.3) is 0 Å². The maximum Gasteiger partial charge on any atom is 0.243 e. The fraction of sp³-hybridized carbons (Fsp3) is 0.875. The summed E-state index contributed by atoms with van der Waals surface area (Å²) in [5.41, 5.74) is 0. The van der Waals surface area contributed by atoms with Gasteiger partial charge in [0, 0.05) is 40.3 Å². The molecule has 2 aliphatic heterocycles. The van der Waals surface area contributed by atoms with Crippen molar-refractivity contribution in [1.29, 1.82) is 0 Å². The lowest BCUT2D eigenvalue weighted by Crippen LogP contribution is -2.48. The molecule has 1 N–H and O–H groups in total. The normalized spacial score (nSPS) is 26.1. The number of rotatable bonds is 4. The Labute approximate surface area is 133 Å². The Morgan fingerprint density at radius 2 is 2.18 bits per heavy atom. The average molecular weight is 310 g/mol. The zero-order chi connectivity index (χ0) is 15.9. The van der Waals surface area contributed by atoms with Crippen LogP contribution in [0.25, 0.3) is 0 Å². The molecule has 0 bridgehead atoms. The van der Waals surface area contributed by atoms with Crippen LogP contribution in [0.1, 0.15) is 32.6 Å². The Balaban J connectivity index is 1.95. The van der Waals surface area contributed by atoms with Crippen molar-refractivity contribution in [2.75, 3.05) is 46.9 Å². The molecule has 0 aromatic heterocycles. The molecule has 1 amide bonds. The number of guanidine groups is 1. The van der Waals surface area contributed by atoms with Crippen molar-refractivity contribution in [3.05, 3.63) is 0 Å². The third-order valence-electron chi connectivity index (χ3n) is 4.33. The van der Waals surface area contributed by atoms with Crippen LogP contribution < -0.4 is 5.32 Å². The number of nitrogens with one attached hydrogen (secondary N) is 1. The summed E-state index contributed by atoms with van der Waals surface area (Å²) in [5, 5.41) is 3.43. The number of likely N-dealkylation sites (N-methyl/N-ethyl adjacent to an activating group) is 1. The minimum absolute atomic E-state index is 0.0291. The van der Waals surface area contributed by atoms with Crippen molar-refractivity contribution < 1.29 is 9.53 Å². The van der Waals surface area contributed by atoms with E-state index in [1.165, 1.54) is 12.8 Å². The van der Waals surface area contributed by atoms with Gasteiger partial charge in [-0.05, 0) is 31.6 Å². The molecule has 2 rings (SSSR count). The van der Waals surface area contributed by atoms with Gasteiger partial charge in [-0.15, -0.1) is 0 Å². The number of ether oxygens (including phenoxy) is 1. The second kappa shape index (κ2) is 8.36. The lowest BCUT2D eigenvalue weighted by atomic mass is 10.0. The van der Waals surface area contributed by atoms with Crippen LogP contribution in [-0.4, -0.2) is 74.7 Å². The van der Waals surface area contributed by atoms with Gasteiger partial charge in [0.1, 0.15) is 6.54 Å². The molecule has 2 fully saturated rings. The maximum atomic E-state index is 11.8. The number of carbonyl (C=O) groups is 1. The Bertz CT molecular complexity index is 392. The number of aliphatic imine (C=N–C) groups is 1. The first kappa shape index (κ1) is 17.1. The van der Waals surface area contributed by atoms with Crippen LogP contribution in [0.2, 0.25) is 0 Å². The summed E-state index contributed by atoms with van der Waals surface area (Å²) in [6.45, 7) is 6.13. The van der Waals surface area contributed by atoms with Crippen molar-refractivity contribution in [1.82, 2.24) is 15.1 Å². The predicted molar refractivity (Wildman–Crippen MR) is 87.9 cm³/mol. The van der Waals surface area contributed by atoms with Crippen LogP contribution in [0.15, 0.2) is 4.99 Å².